The molecule has 0 radical (unpaired) electrons. The lowest BCUT2D eigenvalue weighted by Crippen LogP contribution is -1.88. The molecule has 2 N–H and O–H groups in total. The van der Waals surface area contributed by atoms with Gasteiger partial charge in [0.25, 0.3) is 0 Å². The quantitative estimate of drug-likeness (QED) is 0.542. The number of nitrogen functional groups attached to an aromatic ring is 1. The molecule has 0 saturated heterocycles. The summed E-state index contributed by atoms with van der Waals surface area (Å²) in [6.07, 6.45) is 0. The number of nitriles is 3. The highest BCUT2D eigenvalue weighted by Crippen LogP contribution is 2.18. The van der Waals surface area contributed by atoms with Crippen molar-refractivity contribution in [3.8, 4) is 18.2 Å². The van der Waals surface area contributed by atoms with Crippen molar-refractivity contribution < 1.29 is 0 Å². The Kier molecular flexibility index (Phi) is 3.07. The molecule has 0 heterocycles. The van der Waals surface area contributed by atoms with Crippen LogP contribution < -0.4 is 5.73 Å². The molecule has 1 aromatic carbocycles. The number of anilines is 1. The molecule has 0 aliphatic carbocycles. The average molecular weight is 194 g/mol. The maximum atomic E-state index is 8.84. The minimum Gasteiger partial charge on any atom is -0.399 e. The lowest BCUT2D eigenvalue weighted by atomic mass is 10.0. The SMILES string of the molecule is N#CC(C#N)=C(C#N)c1ccc(N)cc1. The molecule has 1 rings (SSSR count). The molecule has 0 atom stereocenters. The van der Waals surface area contributed by atoms with Crippen molar-refractivity contribution in [1.29, 1.82) is 15.8 Å². The Bertz CT molecular complexity index is 502. The summed E-state index contributed by atoms with van der Waals surface area (Å²) >= 11 is 0. The number of hydrogen-bond donors (Lipinski definition) is 1. The summed E-state index contributed by atoms with van der Waals surface area (Å²) in [6.45, 7) is 0. The molecule has 0 saturated carbocycles. The Labute approximate surface area is 87.1 Å². The fourth-order valence-corrected chi connectivity index (χ4v) is 1.05. The highest BCUT2D eigenvalue weighted by atomic mass is 14.5. The van der Waals surface area contributed by atoms with E-state index in [1.807, 2.05) is 6.07 Å². The predicted octanol–water partition coefficient (Wildman–Crippen LogP) is 1.59. The third-order valence-electron chi connectivity index (χ3n) is 1.78. The second-order valence-corrected chi connectivity index (χ2v) is 2.71. The molecule has 4 heteroatoms. The number of rotatable bonds is 1. The molecule has 0 amide bonds. The molecule has 15 heavy (non-hydrogen) atoms. The summed E-state index contributed by atoms with van der Waals surface area (Å²) in [6, 6.07) is 11.6. The van der Waals surface area contributed by atoms with Crippen LogP contribution in [-0.2, 0) is 0 Å². The van der Waals surface area contributed by atoms with Crippen LogP contribution in [0.4, 0.5) is 5.69 Å². The van der Waals surface area contributed by atoms with E-state index in [9.17, 15) is 0 Å². The Morgan fingerprint density at radius 2 is 1.47 bits per heavy atom. The van der Waals surface area contributed by atoms with Gasteiger partial charge in [-0.05, 0) is 17.7 Å². The van der Waals surface area contributed by atoms with Crippen LogP contribution in [0.1, 0.15) is 5.56 Å². The fraction of sp³-hybridized carbons (Fsp3) is 0. The molecule has 0 fully saturated rings. The number of benzene rings is 1. The highest BCUT2D eigenvalue weighted by molar-refractivity contribution is 5.84. The topological polar surface area (TPSA) is 97.4 Å². The monoisotopic (exact) mass is 194 g/mol. The lowest BCUT2D eigenvalue weighted by Gasteiger charge is -1.98. The first-order valence-electron chi connectivity index (χ1n) is 4.03. The third-order valence-corrected chi connectivity index (χ3v) is 1.78. The molecule has 0 aliphatic rings. The normalized spacial score (nSPS) is 8.07. The van der Waals surface area contributed by atoms with Crippen LogP contribution in [0.15, 0.2) is 29.8 Å². The van der Waals surface area contributed by atoms with Crippen LogP contribution in [0.2, 0.25) is 0 Å². The number of allylic oxidation sites excluding steroid dienone is 2. The maximum absolute atomic E-state index is 8.84. The van der Waals surface area contributed by atoms with E-state index in [1.54, 1.807) is 36.4 Å². The van der Waals surface area contributed by atoms with Crippen LogP contribution in [-0.4, -0.2) is 0 Å². The summed E-state index contributed by atoms with van der Waals surface area (Å²) in [4.78, 5) is 0. The summed E-state index contributed by atoms with van der Waals surface area (Å²) < 4.78 is 0. The van der Waals surface area contributed by atoms with Crippen molar-refractivity contribution in [2.24, 2.45) is 0 Å². The first-order chi connectivity index (χ1) is 7.22. The molecule has 0 unspecified atom stereocenters. The van der Waals surface area contributed by atoms with Gasteiger partial charge >= 0.3 is 0 Å². The zero-order valence-corrected chi connectivity index (χ0v) is 7.73. The zero-order valence-electron chi connectivity index (χ0n) is 7.73. The van der Waals surface area contributed by atoms with Gasteiger partial charge in [-0.25, -0.2) is 0 Å². The number of hydrogen-bond acceptors (Lipinski definition) is 4. The first kappa shape index (κ1) is 10.3. The molecule has 0 bridgehead atoms. The zero-order chi connectivity index (χ0) is 11.3. The van der Waals surface area contributed by atoms with E-state index < -0.39 is 0 Å². The second-order valence-electron chi connectivity index (χ2n) is 2.71. The van der Waals surface area contributed by atoms with Gasteiger partial charge in [0.05, 0.1) is 5.57 Å². The summed E-state index contributed by atoms with van der Waals surface area (Å²) in [5.74, 6) is 0. The fourth-order valence-electron chi connectivity index (χ4n) is 1.05. The van der Waals surface area contributed by atoms with Gasteiger partial charge in [-0.3, -0.25) is 0 Å². The van der Waals surface area contributed by atoms with E-state index in [0.29, 0.717) is 11.3 Å². The van der Waals surface area contributed by atoms with E-state index in [-0.39, 0.29) is 11.1 Å². The van der Waals surface area contributed by atoms with Gasteiger partial charge in [0, 0.05) is 5.69 Å². The van der Waals surface area contributed by atoms with Crippen LogP contribution in [0.25, 0.3) is 5.57 Å². The molecule has 1 aromatic rings. The summed E-state index contributed by atoms with van der Waals surface area (Å²) in [5, 5.41) is 26.1. The van der Waals surface area contributed by atoms with E-state index in [0.717, 1.165) is 0 Å². The molecule has 70 valence electrons. The van der Waals surface area contributed by atoms with Gasteiger partial charge < -0.3 is 5.73 Å². The van der Waals surface area contributed by atoms with Gasteiger partial charge in [0.1, 0.15) is 23.8 Å². The summed E-state index contributed by atoms with van der Waals surface area (Å²) in [5.41, 5.74) is 6.44. The first-order valence-corrected chi connectivity index (χ1v) is 4.03. The van der Waals surface area contributed by atoms with Crippen LogP contribution in [0, 0.1) is 34.0 Å². The average Bonchev–Trinajstić information content (AvgIpc) is 2.27. The number of nitrogens with zero attached hydrogens (tertiary/aromatic N) is 3. The molecule has 0 aromatic heterocycles. The van der Waals surface area contributed by atoms with Crippen molar-refractivity contribution in [3.05, 3.63) is 35.4 Å². The van der Waals surface area contributed by atoms with Crippen molar-refractivity contribution in [2.45, 2.75) is 0 Å². The third kappa shape index (κ3) is 2.12. The Morgan fingerprint density at radius 3 is 1.87 bits per heavy atom. The van der Waals surface area contributed by atoms with Crippen molar-refractivity contribution in [1.82, 2.24) is 0 Å². The Morgan fingerprint density at radius 1 is 0.933 bits per heavy atom. The minimum absolute atomic E-state index is 0.0694. The molecule has 0 aliphatic heterocycles. The number of nitrogens with two attached hydrogens (primary N) is 1. The van der Waals surface area contributed by atoms with Gasteiger partial charge in [0.2, 0.25) is 0 Å². The van der Waals surface area contributed by atoms with E-state index in [1.165, 1.54) is 0 Å². The summed E-state index contributed by atoms with van der Waals surface area (Å²) in [7, 11) is 0. The minimum atomic E-state index is -0.192. The Balaban J connectivity index is 3.35. The Hall–Kier alpha value is -2.77. The predicted molar refractivity (Wildman–Crippen MR) is 54.6 cm³/mol. The van der Waals surface area contributed by atoms with Crippen LogP contribution in [0.3, 0.4) is 0 Å². The van der Waals surface area contributed by atoms with Crippen molar-refractivity contribution in [2.75, 3.05) is 5.73 Å². The van der Waals surface area contributed by atoms with Crippen LogP contribution in [0.5, 0.6) is 0 Å². The maximum Gasteiger partial charge on any atom is 0.148 e. The highest BCUT2D eigenvalue weighted by Gasteiger charge is 2.07. The van der Waals surface area contributed by atoms with E-state index in [4.69, 9.17) is 21.5 Å². The largest absolute Gasteiger partial charge is 0.399 e. The van der Waals surface area contributed by atoms with Gasteiger partial charge in [-0.2, -0.15) is 15.8 Å². The van der Waals surface area contributed by atoms with E-state index in [2.05, 4.69) is 0 Å². The van der Waals surface area contributed by atoms with Crippen molar-refractivity contribution >= 4 is 11.3 Å². The molecule has 4 nitrogen and oxygen atoms in total. The van der Waals surface area contributed by atoms with Gasteiger partial charge in [0.15, 0.2) is 0 Å². The van der Waals surface area contributed by atoms with Gasteiger partial charge in [-0.15, -0.1) is 0 Å². The molecule has 0 spiro atoms. The molecular weight excluding hydrogens is 188 g/mol. The van der Waals surface area contributed by atoms with Crippen LogP contribution >= 0.6 is 0 Å². The smallest absolute Gasteiger partial charge is 0.148 e. The lowest BCUT2D eigenvalue weighted by molar-refractivity contribution is 1.45. The van der Waals surface area contributed by atoms with E-state index >= 15 is 0 Å². The van der Waals surface area contributed by atoms with Crippen molar-refractivity contribution in [3.63, 3.8) is 0 Å². The molecular formula is C11H6N4. The second kappa shape index (κ2) is 4.46. The van der Waals surface area contributed by atoms with Gasteiger partial charge in [-0.1, -0.05) is 12.1 Å². The standard InChI is InChI=1S/C11H6N4/c12-5-9(6-13)11(7-14)8-1-3-10(15)4-2-8/h1-4H,15H2.